The third-order valence-corrected chi connectivity index (χ3v) is 1.94. The Morgan fingerprint density at radius 1 is 1.46 bits per heavy atom. The zero-order valence-electron chi connectivity index (χ0n) is 7.96. The predicted molar refractivity (Wildman–Crippen MR) is 51.8 cm³/mol. The lowest BCUT2D eigenvalue weighted by molar-refractivity contribution is -0.153. The molecule has 3 nitrogen and oxygen atoms in total. The lowest BCUT2D eigenvalue weighted by Gasteiger charge is -2.08. The zero-order valence-corrected chi connectivity index (χ0v) is 8.72. The van der Waals surface area contributed by atoms with Crippen molar-refractivity contribution < 1.29 is 14.6 Å². The first kappa shape index (κ1) is 12.7. The van der Waals surface area contributed by atoms with E-state index < -0.39 is 12.1 Å². The Balaban J connectivity index is 3.38. The summed E-state index contributed by atoms with van der Waals surface area (Å²) in [6.07, 6.45) is 2.19. The van der Waals surface area contributed by atoms with Gasteiger partial charge < -0.3 is 9.84 Å². The molecule has 78 valence electrons. The third kappa shape index (κ3) is 6.84. The van der Waals surface area contributed by atoms with Crippen LogP contribution in [0.25, 0.3) is 0 Å². The van der Waals surface area contributed by atoms with Crippen LogP contribution in [-0.2, 0) is 9.53 Å². The highest BCUT2D eigenvalue weighted by Crippen LogP contribution is 2.05. The number of hydrogen-bond acceptors (Lipinski definition) is 3. The molecule has 0 saturated carbocycles. The fraction of sp³-hybridized carbons (Fsp3) is 0.889. The van der Waals surface area contributed by atoms with Gasteiger partial charge in [0.1, 0.15) is 0 Å². The second-order valence-electron chi connectivity index (χ2n) is 2.81. The van der Waals surface area contributed by atoms with E-state index in [4.69, 9.17) is 11.6 Å². The van der Waals surface area contributed by atoms with Crippen molar-refractivity contribution in [2.24, 2.45) is 0 Å². The molecule has 0 radical (unpaired) electrons. The highest BCUT2D eigenvalue weighted by atomic mass is 35.5. The molecular formula is C9H17ClO3. The number of aliphatic hydroxyl groups excluding tert-OH is 1. The molecule has 0 aliphatic rings. The second-order valence-corrected chi connectivity index (χ2v) is 3.18. The van der Waals surface area contributed by atoms with Crippen molar-refractivity contribution in [1.29, 1.82) is 0 Å². The van der Waals surface area contributed by atoms with E-state index in [9.17, 15) is 9.90 Å². The second kappa shape index (κ2) is 8.32. The number of hydrogen-bond donors (Lipinski definition) is 1. The Labute approximate surface area is 84.0 Å². The van der Waals surface area contributed by atoms with E-state index in [0.717, 1.165) is 19.3 Å². The Hall–Kier alpha value is -0.280. The highest BCUT2D eigenvalue weighted by molar-refractivity contribution is 6.17. The SMILES string of the molecule is CCOC(=O)C(O)CCCCCCl. The number of ether oxygens (including phenoxy) is 1. The van der Waals surface area contributed by atoms with Crippen molar-refractivity contribution in [1.82, 2.24) is 0 Å². The van der Waals surface area contributed by atoms with Crippen molar-refractivity contribution in [2.45, 2.75) is 38.7 Å². The lowest BCUT2D eigenvalue weighted by atomic mass is 10.1. The Bertz CT molecular complexity index is 139. The number of unbranched alkanes of at least 4 members (excludes halogenated alkanes) is 2. The van der Waals surface area contributed by atoms with Gasteiger partial charge in [-0.15, -0.1) is 11.6 Å². The van der Waals surface area contributed by atoms with E-state index in [0.29, 0.717) is 18.9 Å². The van der Waals surface area contributed by atoms with Crippen LogP contribution in [-0.4, -0.2) is 29.7 Å². The van der Waals surface area contributed by atoms with Gasteiger partial charge in [0.15, 0.2) is 6.10 Å². The number of esters is 1. The predicted octanol–water partition coefficient (Wildman–Crippen LogP) is 1.71. The van der Waals surface area contributed by atoms with Gasteiger partial charge in [0.25, 0.3) is 0 Å². The molecule has 0 amide bonds. The number of aliphatic hydroxyl groups is 1. The number of carbonyl (C=O) groups is 1. The van der Waals surface area contributed by atoms with Gasteiger partial charge in [-0.1, -0.05) is 12.8 Å². The number of alkyl halides is 1. The minimum Gasteiger partial charge on any atom is -0.464 e. The standard InChI is InChI=1S/C9H17ClO3/c1-2-13-9(12)8(11)6-4-3-5-7-10/h8,11H,2-7H2,1H3. The maximum atomic E-state index is 10.9. The lowest BCUT2D eigenvalue weighted by Crippen LogP contribution is -2.22. The third-order valence-electron chi connectivity index (χ3n) is 1.67. The average Bonchev–Trinajstić information content (AvgIpc) is 2.12. The summed E-state index contributed by atoms with van der Waals surface area (Å²) in [6, 6.07) is 0. The molecule has 0 aliphatic carbocycles. The summed E-state index contributed by atoms with van der Waals surface area (Å²) >= 11 is 5.47. The minimum atomic E-state index is -0.963. The maximum Gasteiger partial charge on any atom is 0.334 e. The van der Waals surface area contributed by atoms with Gasteiger partial charge in [-0.2, -0.15) is 0 Å². The summed E-state index contributed by atoms with van der Waals surface area (Å²) in [6.45, 7) is 2.04. The first-order chi connectivity index (χ1) is 6.22. The van der Waals surface area contributed by atoms with E-state index >= 15 is 0 Å². The van der Waals surface area contributed by atoms with Crippen LogP contribution >= 0.6 is 11.6 Å². The molecular weight excluding hydrogens is 192 g/mol. The first-order valence-electron chi connectivity index (χ1n) is 4.63. The van der Waals surface area contributed by atoms with Crippen molar-refractivity contribution >= 4 is 17.6 Å². The summed E-state index contributed by atoms with van der Waals surface area (Å²) in [5.74, 6) is 0.114. The molecule has 0 rings (SSSR count). The van der Waals surface area contributed by atoms with Crippen molar-refractivity contribution in [3.8, 4) is 0 Å². The largest absolute Gasteiger partial charge is 0.464 e. The summed E-state index contributed by atoms with van der Waals surface area (Å²) in [5, 5.41) is 9.24. The molecule has 0 aliphatic heterocycles. The quantitative estimate of drug-likeness (QED) is 0.394. The van der Waals surface area contributed by atoms with Crippen LogP contribution in [0.1, 0.15) is 32.6 Å². The first-order valence-corrected chi connectivity index (χ1v) is 5.16. The molecule has 1 atom stereocenters. The van der Waals surface area contributed by atoms with Crippen LogP contribution in [0.2, 0.25) is 0 Å². The summed E-state index contributed by atoms with van der Waals surface area (Å²) < 4.78 is 4.65. The molecule has 0 saturated heterocycles. The minimum absolute atomic E-state index is 0.317. The molecule has 1 N–H and O–H groups in total. The van der Waals surface area contributed by atoms with E-state index in [2.05, 4.69) is 4.74 Å². The Morgan fingerprint density at radius 3 is 2.69 bits per heavy atom. The van der Waals surface area contributed by atoms with E-state index in [1.165, 1.54) is 0 Å². The summed E-state index contributed by atoms with van der Waals surface area (Å²) in [7, 11) is 0. The summed E-state index contributed by atoms with van der Waals surface area (Å²) in [4.78, 5) is 10.9. The van der Waals surface area contributed by atoms with Crippen LogP contribution < -0.4 is 0 Å². The molecule has 4 heteroatoms. The van der Waals surface area contributed by atoms with Crippen LogP contribution in [0.5, 0.6) is 0 Å². The van der Waals surface area contributed by atoms with Gasteiger partial charge in [-0.05, 0) is 19.8 Å². The smallest absolute Gasteiger partial charge is 0.334 e. The molecule has 0 aromatic carbocycles. The fourth-order valence-corrected chi connectivity index (χ4v) is 1.15. The maximum absolute atomic E-state index is 10.9. The summed E-state index contributed by atoms with van der Waals surface area (Å²) in [5.41, 5.74) is 0. The van der Waals surface area contributed by atoms with E-state index in [1.54, 1.807) is 6.92 Å². The van der Waals surface area contributed by atoms with Gasteiger partial charge in [-0.3, -0.25) is 0 Å². The van der Waals surface area contributed by atoms with Crippen LogP contribution in [0, 0.1) is 0 Å². The molecule has 0 fully saturated rings. The topological polar surface area (TPSA) is 46.5 Å². The Morgan fingerprint density at radius 2 is 2.15 bits per heavy atom. The monoisotopic (exact) mass is 208 g/mol. The van der Waals surface area contributed by atoms with Gasteiger partial charge in [0.05, 0.1) is 6.61 Å². The average molecular weight is 209 g/mol. The van der Waals surface area contributed by atoms with Gasteiger partial charge >= 0.3 is 5.97 Å². The van der Waals surface area contributed by atoms with Crippen molar-refractivity contribution in [3.05, 3.63) is 0 Å². The number of rotatable bonds is 7. The molecule has 13 heavy (non-hydrogen) atoms. The highest BCUT2D eigenvalue weighted by Gasteiger charge is 2.14. The Kier molecular flexibility index (Phi) is 8.14. The van der Waals surface area contributed by atoms with Gasteiger partial charge in [0, 0.05) is 5.88 Å². The normalized spacial score (nSPS) is 12.5. The van der Waals surface area contributed by atoms with Crippen molar-refractivity contribution in [2.75, 3.05) is 12.5 Å². The molecule has 1 unspecified atom stereocenters. The number of halogens is 1. The molecule has 0 heterocycles. The molecule has 0 spiro atoms. The van der Waals surface area contributed by atoms with Crippen molar-refractivity contribution in [3.63, 3.8) is 0 Å². The zero-order chi connectivity index (χ0) is 10.1. The van der Waals surface area contributed by atoms with E-state index in [1.807, 2.05) is 0 Å². The fourth-order valence-electron chi connectivity index (χ4n) is 0.965. The van der Waals surface area contributed by atoms with E-state index in [-0.39, 0.29) is 0 Å². The van der Waals surface area contributed by atoms with Crippen LogP contribution in [0.3, 0.4) is 0 Å². The molecule has 0 aromatic rings. The van der Waals surface area contributed by atoms with Gasteiger partial charge in [0.2, 0.25) is 0 Å². The van der Waals surface area contributed by atoms with Crippen LogP contribution in [0.15, 0.2) is 0 Å². The molecule has 0 aromatic heterocycles. The molecule has 0 bridgehead atoms. The number of carbonyl (C=O) groups excluding carboxylic acids is 1. The van der Waals surface area contributed by atoms with Gasteiger partial charge in [-0.25, -0.2) is 4.79 Å². The van der Waals surface area contributed by atoms with Crippen LogP contribution in [0.4, 0.5) is 0 Å².